The van der Waals surface area contributed by atoms with Gasteiger partial charge in [-0.05, 0) is 107 Å². The first-order valence-corrected chi connectivity index (χ1v) is 22.7. The van der Waals surface area contributed by atoms with Gasteiger partial charge in [0.2, 0.25) is 0 Å². The summed E-state index contributed by atoms with van der Waals surface area (Å²) in [4.78, 5) is 2.39. The average Bonchev–Trinajstić information content (AvgIpc) is 4.01. The molecule has 0 spiro atoms. The van der Waals surface area contributed by atoms with Gasteiger partial charge >= 0.3 is 0 Å². The van der Waals surface area contributed by atoms with Gasteiger partial charge in [-0.15, -0.1) is 22.7 Å². The highest BCUT2D eigenvalue weighted by Crippen LogP contribution is 2.46. The van der Waals surface area contributed by atoms with E-state index in [1.54, 1.807) is 0 Å². The van der Waals surface area contributed by atoms with Crippen LogP contribution in [0.1, 0.15) is 0 Å². The van der Waals surface area contributed by atoms with Crippen molar-refractivity contribution in [1.29, 1.82) is 0 Å². The quantitative estimate of drug-likeness (QED) is 0.162. The van der Waals surface area contributed by atoms with Crippen molar-refractivity contribution in [2.45, 2.75) is 0 Å². The Morgan fingerprint density at radius 1 is 0.339 bits per heavy atom. The van der Waals surface area contributed by atoms with Gasteiger partial charge in [0, 0.05) is 79.1 Å². The first-order chi connectivity index (χ1) is 30.7. The summed E-state index contributed by atoms with van der Waals surface area (Å²) in [7, 11) is 0. The molecule has 0 amide bonds. The highest BCUT2D eigenvalue weighted by Gasteiger charge is 2.21. The molecule has 290 valence electrons. The molecule has 0 aliphatic heterocycles. The topological polar surface area (TPSA) is 8.17 Å². The molecule has 0 radical (unpaired) electrons. The van der Waals surface area contributed by atoms with Crippen LogP contribution in [0, 0.1) is 0 Å². The van der Waals surface area contributed by atoms with Crippen LogP contribution in [0.2, 0.25) is 0 Å². The highest BCUT2D eigenvalue weighted by atomic mass is 32.1. The molecular weight excluding hydrogens is 789 g/mol. The van der Waals surface area contributed by atoms with E-state index < -0.39 is 0 Å². The number of aromatic nitrogens is 1. The van der Waals surface area contributed by atoms with E-state index in [1.807, 2.05) is 22.7 Å². The molecule has 0 fully saturated rings. The molecule has 0 aliphatic carbocycles. The molecular formula is C58H36N2S2. The van der Waals surface area contributed by atoms with Crippen molar-refractivity contribution in [2.24, 2.45) is 0 Å². The smallest absolute Gasteiger partial charge is 0.0547 e. The van der Waals surface area contributed by atoms with Gasteiger partial charge in [0.15, 0.2) is 0 Å². The third-order valence-electron chi connectivity index (χ3n) is 12.6. The Kier molecular flexibility index (Phi) is 7.99. The van der Waals surface area contributed by atoms with Crippen LogP contribution in [0.25, 0.3) is 101 Å². The van der Waals surface area contributed by atoms with Crippen molar-refractivity contribution in [1.82, 2.24) is 4.57 Å². The van der Waals surface area contributed by atoms with E-state index >= 15 is 0 Å². The lowest BCUT2D eigenvalue weighted by Crippen LogP contribution is -2.11. The van der Waals surface area contributed by atoms with Gasteiger partial charge in [-0.1, -0.05) is 133 Å². The third-order valence-corrected chi connectivity index (χ3v) is 14.9. The van der Waals surface area contributed by atoms with E-state index in [-0.39, 0.29) is 0 Å². The van der Waals surface area contributed by atoms with Gasteiger partial charge < -0.3 is 9.47 Å². The third kappa shape index (κ3) is 5.54. The lowest BCUT2D eigenvalue weighted by Gasteiger charge is -2.28. The largest absolute Gasteiger partial charge is 0.310 e. The van der Waals surface area contributed by atoms with Crippen LogP contribution >= 0.6 is 22.7 Å². The van der Waals surface area contributed by atoms with Crippen molar-refractivity contribution in [3.63, 3.8) is 0 Å². The van der Waals surface area contributed by atoms with Crippen molar-refractivity contribution in [2.75, 3.05) is 4.90 Å². The molecule has 3 aromatic heterocycles. The maximum Gasteiger partial charge on any atom is 0.0547 e. The molecule has 13 aromatic rings. The Bertz CT molecular complexity index is 3860. The van der Waals surface area contributed by atoms with Gasteiger partial charge in [0.05, 0.1) is 16.7 Å². The molecule has 62 heavy (non-hydrogen) atoms. The van der Waals surface area contributed by atoms with Crippen molar-refractivity contribution < 1.29 is 0 Å². The molecule has 0 unspecified atom stereocenters. The van der Waals surface area contributed by atoms with E-state index in [2.05, 4.69) is 228 Å². The summed E-state index contributed by atoms with van der Waals surface area (Å²) in [5.41, 5.74) is 11.7. The maximum atomic E-state index is 2.50. The predicted molar refractivity (Wildman–Crippen MR) is 270 cm³/mol. The number of hydrogen-bond acceptors (Lipinski definition) is 3. The lowest BCUT2D eigenvalue weighted by atomic mass is 9.98. The standard InChI is InChI=1S/C58H36N2S2/c1-3-13-37(14-4-1)38-23-27-42(28-24-38)59(41-15-5-2-6-16-41)52-20-10-7-17-44(52)39-26-31-53-49(33-39)50-34-40-25-30-47-45-18-8-12-22-56(45)62-58(47)48(40)36-54(50)60(53)43-29-32-57-51(35-43)46-19-9-11-21-55(46)61-57/h1-36H. The molecule has 10 aromatic carbocycles. The maximum absolute atomic E-state index is 2.50. The molecule has 2 nitrogen and oxygen atoms in total. The number of rotatable bonds is 6. The van der Waals surface area contributed by atoms with E-state index in [1.165, 1.54) is 101 Å². The Morgan fingerprint density at radius 3 is 1.79 bits per heavy atom. The minimum Gasteiger partial charge on any atom is -0.310 e. The summed E-state index contributed by atoms with van der Waals surface area (Å²) in [5.74, 6) is 0. The van der Waals surface area contributed by atoms with Gasteiger partial charge in [0.1, 0.15) is 0 Å². The van der Waals surface area contributed by atoms with E-state index in [4.69, 9.17) is 0 Å². The zero-order valence-electron chi connectivity index (χ0n) is 33.5. The number of fused-ring (bicyclic) bond motifs is 11. The fourth-order valence-electron chi connectivity index (χ4n) is 9.67. The van der Waals surface area contributed by atoms with Crippen LogP contribution in [0.4, 0.5) is 17.1 Å². The predicted octanol–water partition coefficient (Wildman–Crippen LogP) is 17.5. The fraction of sp³-hybridized carbons (Fsp3) is 0. The van der Waals surface area contributed by atoms with Crippen molar-refractivity contribution >= 4 is 113 Å². The molecule has 0 aliphatic rings. The number of anilines is 3. The lowest BCUT2D eigenvalue weighted by molar-refractivity contribution is 1.19. The first-order valence-electron chi connectivity index (χ1n) is 21.1. The fourth-order valence-corrected chi connectivity index (χ4v) is 12.0. The second kappa shape index (κ2) is 14.0. The molecule has 0 atom stereocenters. The Hall–Kier alpha value is -7.50. The number of benzene rings is 10. The van der Waals surface area contributed by atoms with Gasteiger partial charge in [-0.3, -0.25) is 0 Å². The number of hydrogen-bond donors (Lipinski definition) is 0. The van der Waals surface area contributed by atoms with Crippen LogP contribution < -0.4 is 4.90 Å². The summed E-state index contributed by atoms with van der Waals surface area (Å²) in [6, 6.07) is 80.4. The molecule has 4 heteroatoms. The van der Waals surface area contributed by atoms with Crippen LogP contribution in [-0.4, -0.2) is 4.57 Å². The minimum absolute atomic E-state index is 1.11. The summed E-state index contributed by atoms with van der Waals surface area (Å²) in [6.07, 6.45) is 0. The Balaban J connectivity index is 1.04. The highest BCUT2D eigenvalue weighted by molar-refractivity contribution is 7.26. The SMILES string of the molecule is c1ccc(-c2ccc(N(c3ccccc3)c3ccccc3-c3ccc4c(c3)c3cc5ccc6c7ccccc7sc6c5cc3n4-c3ccc4sc5ccccc5c4c3)cc2)cc1. The first kappa shape index (κ1) is 35.3. The molecule has 0 saturated carbocycles. The summed E-state index contributed by atoms with van der Waals surface area (Å²) in [5, 5.41) is 10.3. The zero-order valence-corrected chi connectivity index (χ0v) is 35.1. The van der Waals surface area contributed by atoms with Crippen LogP contribution in [0.3, 0.4) is 0 Å². The minimum atomic E-state index is 1.11. The van der Waals surface area contributed by atoms with E-state index in [9.17, 15) is 0 Å². The number of nitrogens with zero attached hydrogens (tertiary/aromatic N) is 2. The molecule has 0 saturated heterocycles. The van der Waals surface area contributed by atoms with E-state index in [0.717, 1.165) is 17.1 Å². The second-order valence-corrected chi connectivity index (χ2v) is 18.2. The molecule has 3 heterocycles. The van der Waals surface area contributed by atoms with Crippen LogP contribution in [0.5, 0.6) is 0 Å². The zero-order chi connectivity index (χ0) is 40.7. The van der Waals surface area contributed by atoms with Crippen LogP contribution in [-0.2, 0) is 0 Å². The molecule has 13 rings (SSSR count). The van der Waals surface area contributed by atoms with Crippen molar-refractivity contribution in [3.8, 4) is 27.9 Å². The number of para-hydroxylation sites is 2. The van der Waals surface area contributed by atoms with Crippen molar-refractivity contribution in [3.05, 3.63) is 218 Å². The Labute approximate surface area is 366 Å². The molecule has 0 bridgehead atoms. The van der Waals surface area contributed by atoms with Crippen LogP contribution in [0.15, 0.2) is 218 Å². The normalized spacial score (nSPS) is 11.9. The monoisotopic (exact) mass is 824 g/mol. The number of thiophene rings is 2. The van der Waals surface area contributed by atoms with Gasteiger partial charge in [-0.25, -0.2) is 0 Å². The Morgan fingerprint density at radius 2 is 0.968 bits per heavy atom. The summed E-state index contributed by atoms with van der Waals surface area (Å²) in [6.45, 7) is 0. The summed E-state index contributed by atoms with van der Waals surface area (Å²) >= 11 is 3.77. The van der Waals surface area contributed by atoms with E-state index in [0.29, 0.717) is 0 Å². The second-order valence-electron chi connectivity index (χ2n) is 16.1. The van der Waals surface area contributed by atoms with Gasteiger partial charge in [0.25, 0.3) is 0 Å². The molecule has 0 N–H and O–H groups in total. The average molecular weight is 825 g/mol. The van der Waals surface area contributed by atoms with Gasteiger partial charge in [-0.2, -0.15) is 0 Å². The summed E-state index contributed by atoms with van der Waals surface area (Å²) < 4.78 is 7.80.